The molecule has 1 aromatic carbocycles. The van der Waals surface area contributed by atoms with Gasteiger partial charge < -0.3 is 19.0 Å². The molecule has 4 aromatic rings. The van der Waals surface area contributed by atoms with Crippen LogP contribution in [0.15, 0.2) is 45.7 Å². The Morgan fingerprint density at radius 3 is 2.47 bits per heavy atom. The Hall–Kier alpha value is -3.92. The second-order valence-electron chi connectivity index (χ2n) is 8.45. The first-order valence-corrected chi connectivity index (χ1v) is 11.9. The summed E-state index contributed by atoms with van der Waals surface area (Å²) in [5.74, 6) is 1.02. The lowest BCUT2D eigenvalue weighted by Gasteiger charge is -2.22. The van der Waals surface area contributed by atoms with E-state index < -0.39 is 5.56 Å². The van der Waals surface area contributed by atoms with Crippen LogP contribution in [0.4, 0.5) is 0 Å². The topological polar surface area (TPSA) is 125 Å². The highest BCUT2D eigenvalue weighted by Crippen LogP contribution is 2.42. The van der Waals surface area contributed by atoms with Crippen LogP contribution in [0.1, 0.15) is 49.0 Å². The number of methoxy groups -OCH3 is 2. The number of hydrogen-bond donors (Lipinski definition) is 1. The third-order valence-corrected chi connectivity index (χ3v) is 6.47. The summed E-state index contributed by atoms with van der Waals surface area (Å²) in [6.45, 7) is 0. The molecule has 0 aliphatic heterocycles. The Morgan fingerprint density at radius 1 is 1.11 bits per heavy atom. The van der Waals surface area contributed by atoms with Crippen molar-refractivity contribution in [3.63, 3.8) is 0 Å². The molecule has 1 N–H and O–H groups in total. The molecule has 1 aliphatic carbocycles. The van der Waals surface area contributed by atoms with Crippen molar-refractivity contribution in [1.82, 2.24) is 24.7 Å². The van der Waals surface area contributed by atoms with Crippen LogP contribution in [-0.4, -0.2) is 44.1 Å². The average Bonchev–Trinajstić information content (AvgIpc) is 3.58. The molecular formula is C25H24ClN5O5. The molecule has 0 atom stereocenters. The molecule has 1 aliphatic rings. The Kier molecular flexibility index (Phi) is 6.60. The number of ether oxygens (including phenoxy) is 2. The van der Waals surface area contributed by atoms with Crippen LogP contribution in [0, 0.1) is 0 Å². The van der Waals surface area contributed by atoms with Gasteiger partial charge in [0.05, 0.1) is 25.7 Å². The highest BCUT2D eigenvalue weighted by Gasteiger charge is 2.31. The molecule has 186 valence electrons. The summed E-state index contributed by atoms with van der Waals surface area (Å²) < 4.78 is 18.4. The van der Waals surface area contributed by atoms with Gasteiger partial charge in [-0.1, -0.05) is 30.5 Å². The van der Waals surface area contributed by atoms with Crippen molar-refractivity contribution in [3.8, 4) is 34.5 Å². The summed E-state index contributed by atoms with van der Waals surface area (Å²) in [5.41, 5.74) is 0.234. The maximum absolute atomic E-state index is 13.2. The van der Waals surface area contributed by atoms with Crippen molar-refractivity contribution >= 4 is 11.6 Å². The van der Waals surface area contributed by atoms with Gasteiger partial charge in [0.15, 0.2) is 5.56 Å². The summed E-state index contributed by atoms with van der Waals surface area (Å²) in [6.07, 6.45) is 5.47. The Labute approximate surface area is 211 Å². The second-order valence-corrected chi connectivity index (χ2v) is 8.88. The van der Waals surface area contributed by atoms with Gasteiger partial charge >= 0.3 is 0 Å². The van der Waals surface area contributed by atoms with Crippen molar-refractivity contribution in [3.05, 3.63) is 69.3 Å². The molecule has 5 rings (SSSR count). The number of halogens is 1. The number of benzene rings is 1. The van der Waals surface area contributed by atoms with E-state index in [0.717, 1.165) is 25.7 Å². The Bertz CT molecular complexity index is 1420. The third-order valence-electron chi connectivity index (χ3n) is 6.24. The maximum Gasteiger partial charge on any atom is 0.289 e. The number of hydrogen-bond acceptors (Lipinski definition) is 9. The molecule has 0 spiro atoms. The quantitative estimate of drug-likeness (QED) is 0.388. The molecule has 10 nitrogen and oxygen atoms in total. The lowest BCUT2D eigenvalue weighted by Crippen LogP contribution is -2.22. The lowest BCUT2D eigenvalue weighted by atomic mass is 10.1. The normalized spacial score (nSPS) is 13.8. The zero-order valence-electron chi connectivity index (χ0n) is 19.8. The SMILES string of the molecule is COc1cccc(OC)c1-n1c(C2CCCC2)nc(=O)c(-c2nnc(Cc3ccc(Cl)cn3)o2)c1O. The lowest BCUT2D eigenvalue weighted by molar-refractivity contribution is 0.377. The summed E-state index contributed by atoms with van der Waals surface area (Å²) in [5, 5.41) is 20.1. The van der Waals surface area contributed by atoms with Crippen LogP contribution in [-0.2, 0) is 6.42 Å². The van der Waals surface area contributed by atoms with Crippen LogP contribution in [0.3, 0.4) is 0 Å². The number of para-hydroxylation sites is 1. The van der Waals surface area contributed by atoms with Gasteiger partial charge in [-0.2, -0.15) is 4.98 Å². The summed E-state index contributed by atoms with van der Waals surface area (Å²) in [6, 6.07) is 8.72. The number of pyridine rings is 1. The van der Waals surface area contributed by atoms with Crippen molar-refractivity contribution < 1.29 is 19.0 Å². The van der Waals surface area contributed by atoms with Gasteiger partial charge in [-0.25, -0.2) is 0 Å². The molecule has 0 unspecified atom stereocenters. The highest BCUT2D eigenvalue weighted by molar-refractivity contribution is 6.30. The third kappa shape index (κ3) is 4.39. The van der Waals surface area contributed by atoms with Crippen LogP contribution in [0.2, 0.25) is 5.02 Å². The molecule has 36 heavy (non-hydrogen) atoms. The van der Waals surface area contributed by atoms with E-state index in [9.17, 15) is 9.90 Å². The van der Waals surface area contributed by atoms with Crippen molar-refractivity contribution in [2.45, 2.75) is 38.0 Å². The smallest absolute Gasteiger partial charge is 0.289 e. The standard InChI is InChI=1S/C25H24ClN5O5/c1-34-17-8-5-9-18(35-2)21(17)31-22(14-6-3-4-7-14)28-23(32)20(25(31)33)24-30-29-19(36-24)12-16-11-10-15(26)13-27-16/h5,8-11,13-14,33H,3-4,6-7,12H2,1-2H3. The van der Waals surface area contributed by atoms with E-state index in [1.54, 1.807) is 30.3 Å². The molecule has 3 heterocycles. The van der Waals surface area contributed by atoms with Crippen LogP contribution < -0.4 is 15.0 Å². The van der Waals surface area contributed by atoms with E-state index in [0.29, 0.717) is 33.7 Å². The fourth-order valence-electron chi connectivity index (χ4n) is 4.54. The first kappa shape index (κ1) is 23.8. The van der Waals surface area contributed by atoms with E-state index in [1.165, 1.54) is 25.0 Å². The van der Waals surface area contributed by atoms with Crippen LogP contribution in [0.25, 0.3) is 17.1 Å². The van der Waals surface area contributed by atoms with E-state index in [4.69, 9.17) is 25.5 Å². The number of rotatable bonds is 7. The van der Waals surface area contributed by atoms with Crippen molar-refractivity contribution in [2.24, 2.45) is 0 Å². The van der Waals surface area contributed by atoms with E-state index >= 15 is 0 Å². The van der Waals surface area contributed by atoms with Gasteiger partial charge in [-0.3, -0.25) is 14.3 Å². The predicted molar refractivity (Wildman–Crippen MR) is 131 cm³/mol. The average molecular weight is 510 g/mol. The maximum atomic E-state index is 13.2. The minimum absolute atomic E-state index is 0.0125. The molecule has 0 saturated heterocycles. The molecule has 0 radical (unpaired) electrons. The number of aromatic hydroxyl groups is 1. The first-order valence-electron chi connectivity index (χ1n) is 11.5. The summed E-state index contributed by atoms with van der Waals surface area (Å²) in [7, 11) is 3.05. The fourth-order valence-corrected chi connectivity index (χ4v) is 4.65. The largest absolute Gasteiger partial charge is 0.494 e. The van der Waals surface area contributed by atoms with Gasteiger partial charge in [0, 0.05) is 17.8 Å². The molecule has 0 bridgehead atoms. The summed E-state index contributed by atoms with van der Waals surface area (Å²) >= 11 is 5.90. The van der Waals surface area contributed by atoms with Crippen LogP contribution in [0.5, 0.6) is 17.4 Å². The van der Waals surface area contributed by atoms with Gasteiger partial charge in [-0.15, -0.1) is 10.2 Å². The Balaban J connectivity index is 1.66. The number of aromatic nitrogens is 5. The summed E-state index contributed by atoms with van der Waals surface area (Å²) in [4.78, 5) is 21.8. The minimum Gasteiger partial charge on any atom is -0.494 e. The monoisotopic (exact) mass is 509 g/mol. The van der Waals surface area contributed by atoms with E-state index in [-0.39, 0.29) is 35.6 Å². The molecule has 1 fully saturated rings. The van der Waals surface area contributed by atoms with Gasteiger partial charge in [0.25, 0.3) is 11.4 Å². The zero-order valence-corrected chi connectivity index (χ0v) is 20.5. The second kappa shape index (κ2) is 9.98. The van der Waals surface area contributed by atoms with Gasteiger partial charge in [0.2, 0.25) is 11.8 Å². The molecule has 1 saturated carbocycles. The zero-order chi connectivity index (χ0) is 25.2. The van der Waals surface area contributed by atoms with Crippen molar-refractivity contribution in [1.29, 1.82) is 0 Å². The minimum atomic E-state index is -0.653. The molecule has 11 heteroatoms. The van der Waals surface area contributed by atoms with Gasteiger partial charge in [0.1, 0.15) is 23.0 Å². The molecule has 0 amide bonds. The predicted octanol–water partition coefficient (Wildman–Crippen LogP) is 4.30. The molecule has 3 aromatic heterocycles. The van der Waals surface area contributed by atoms with Crippen molar-refractivity contribution in [2.75, 3.05) is 14.2 Å². The van der Waals surface area contributed by atoms with Gasteiger partial charge in [-0.05, 0) is 37.1 Å². The Morgan fingerprint density at radius 2 is 1.83 bits per heavy atom. The van der Waals surface area contributed by atoms with Crippen LogP contribution >= 0.6 is 11.6 Å². The van der Waals surface area contributed by atoms with E-state index in [1.807, 2.05) is 0 Å². The molecular weight excluding hydrogens is 486 g/mol. The number of nitrogens with zero attached hydrogens (tertiary/aromatic N) is 5. The fraction of sp³-hybridized carbons (Fsp3) is 0.320. The van der Waals surface area contributed by atoms with E-state index in [2.05, 4.69) is 20.2 Å². The highest BCUT2D eigenvalue weighted by atomic mass is 35.5. The first-order chi connectivity index (χ1) is 17.5.